The van der Waals surface area contributed by atoms with Gasteiger partial charge in [0, 0.05) is 49.5 Å². The van der Waals surface area contributed by atoms with Crippen molar-refractivity contribution in [1.82, 2.24) is 24.1 Å². The number of benzene rings is 8. The van der Waals surface area contributed by atoms with Crippen molar-refractivity contribution in [2.24, 2.45) is 0 Å². The van der Waals surface area contributed by atoms with Gasteiger partial charge in [0.2, 0.25) is 0 Å². The Bertz CT molecular complexity index is 3340. The zero-order valence-electron chi connectivity index (χ0n) is 31.2. The Kier molecular flexibility index (Phi) is 7.76. The topological polar surface area (TPSA) is 72.3 Å². The van der Waals surface area contributed by atoms with Crippen LogP contribution in [0.4, 0.5) is 0 Å². The first-order chi connectivity index (χ1) is 28.7. The van der Waals surface area contributed by atoms with Crippen LogP contribution in [0.5, 0.6) is 0 Å². The summed E-state index contributed by atoms with van der Waals surface area (Å²) >= 11 is 0. The lowest BCUT2D eigenvalue weighted by atomic mass is 9.98. The van der Waals surface area contributed by atoms with Crippen LogP contribution in [0.25, 0.3) is 100 Å². The highest BCUT2D eigenvalue weighted by Crippen LogP contribution is 2.44. The summed E-state index contributed by atoms with van der Waals surface area (Å²) < 4.78 is 4.77. The molecule has 0 aliphatic heterocycles. The fourth-order valence-electron chi connectivity index (χ4n) is 8.41. The number of rotatable bonds is 6. The van der Waals surface area contributed by atoms with E-state index in [2.05, 4.69) is 130 Å². The highest BCUT2D eigenvalue weighted by atomic mass is 15.0. The van der Waals surface area contributed by atoms with Crippen molar-refractivity contribution in [3.05, 3.63) is 200 Å². The van der Waals surface area contributed by atoms with Crippen LogP contribution < -0.4 is 0 Å². The van der Waals surface area contributed by atoms with E-state index in [4.69, 9.17) is 15.0 Å². The number of nitrogens with zero attached hydrogens (tertiary/aromatic N) is 6. The van der Waals surface area contributed by atoms with Crippen LogP contribution in [0.15, 0.2) is 194 Å². The minimum Gasteiger partial charge on any atom is -0.309 e. The SMILES string of the molecule is N#Cc1cccc(-c2cc(-c3nc(-c4ccccc4)nc(-c4ccccc4)n3)ccc2-n2c3ccccc3c3c2ccc2c4ccccc4n(-c4ccccc4)c23)c1. The van der Waals surface area contributed by atoms with Gasteiger partial charge < -0.3 is 9.13 Å². The maximum absolute atomic E-state index is 10.1. The molecule has 0 amide bonds. The Morgan fingerprint density at radius 1 is 0.397 bits per heavy atom. The van der Waals surface area contributed by atoms with Gasteiger partial charge in [-0.25, -0.2) is 15.0 Å². The molecule has 0 N–H and O–H groups in total. The first-order valence-corrected chi connectivity index (χ1v) is 19.3. The van der Waals surface area contributed by atoms with Crippen molar-refractivity contribution in [1.29, 1.82) is 5.26 Å². The number of aromatic nitrogens is 5. The fourth-order valence-corrected chi connectivity index (χ4v) is 8.41. The predicted molar refractivity (Wildman–Crippen MR) is 235 cm³/mol. The number of fused-ring (bicyclic) bond motifs is 7. The van der Waals surface area contributed by atoms with Crippen molar-refractivity contribution < 1.29 is 0 Å². The smallest absolute Gasteiger partial charge is 0.164 e. The van der Waals surface area contributed by atoms with Crippen LogP contribution in [-0.4, -0.2) is 24.1 Å². The molecule has 6 nitrogen and oxygen atoms in total. The number of nitriles is 1. The molecule has 0 radical (unpaired) electrons. The quantitative estimate of drug-likeness (QED) is 0.170. The molecule has 3 aromatic heterocycles. The van der Waals surface area contributed by atoms with Crippen molar-refractivity contribution >= 4 is 43.6 Å². The van der Waals surface area contributed by atoms with E-state index in [1.807, 2.05) is 78.9 Å². The summed E-state index contributed by atoms with van der Waals surface area (Å²) in [5.41, 5.74) is 11.7. The van der Waals surface area contributed by atoms with Crippen LogP contribution >= 0.6 is 0 Å². The Hall–Kier alpha value is -8.14. The molecule has 0 spiro atoms. The van der Waals surface area contributed by atoms with E-state index in [9.17, 15) is 5.26 Å². The average Bonchev–Trinajstić information content (AvgIpc) is 3.82. The molecule has 0 aliphatic rings. The molecule has 0 unspecified atom stereocenters. The summed E-state index contributed by atoms with van der Waals surface area (Å²) in [5.74, 6) is 1.76. The second-order valence-corrected chi connectivity index (χ2v) is 14.4. The number of para-hydroxylation sites is 3. The van der Waals surface area contributed by atoms with Gasteiger partial charge in [-0.1, -0.05) is 133 Å². The maximum Gasteiger partial charge on any atom is 0.164 e. The summed E-state index contributed by atoms with van der Waals surface area (Å²) in [5, 5.41) is 14.8. The largest absolute Gasteiger partial charge is 0.309 e. The Morgan fingerprint density at radius 2 is 0.966 bits per heavy atom. The molecule has 270 valence electrons. The molecule has 11 rings (SSSR count). The molecular weight excluding hydrogens is 709 g/mol. The summed E-state index contributed by atoms with van der Waals surface area (Å²) in [6, 6.07) is 69.1. The molecule has 0 bridgehead atoms. The number of hydrogen-bond donors (Lipinski definition) is 0. The van der Waals surface area contributed by atoms with Crippen molar-refractivity contribution in [2.45, 2.75) is 0 Å². The molecule has 58 heavy (non-hydrogen) atoms. The zero-order valence-corrected chi connectivity index (χ0v) is 31.2. The van der Waals surface area contributed by atoms with E-state index in [1.165, 1.54) is 16.2 Å². The molecular formula is C52H32N6. The second-order valence-electron chi connectivity index (χ2n) is 14.4. The average molecular weight is 741 g/mol. The summed E-state index contributed by atoms with van der Waals surface area (Å²) in [6.07, 6.45) is 0. The highest BCUT2D eigenvalue weighted by Gasteiger charge is 2.23. The third-order valence-corrected chi connectivity index (χ3v) is 11.0. The van der Waals surface area contributed by atoms with E-state index in [-0.39, 0.29) is 0 Å². The molecule has 3 heterocycles. The number of hydrogen-bond acceptors (Lipinski definition) is 4. The van der Waals surface area contributed by atoms with Gasteiger partial charge in [0.15, 0.2) is 17.5 Å². The fraction of sp³-hybridized carbons (Fsp3) is 0. The molecule has 0 saturated heterocycles. The van der Waals surface area contributed by atoms with Gasteiger partial charge in [-0.05, 0) is 66.2 Å². The first kappa shape index (κ1) is 33.2. The van der Waals surface area contributed by atoms with E-state index < -0.39 is 0 Å². The molecule has 0 saturated carbocycles. The zero-order chi connectivity index (χ0) is 38.6. The van der Waals surface area contributed by atoms with Crippen molar-refractivity contribution in [3.63, 3.8) is 0 Å². The van der Waals surface area contributed by atoms with Crippen molar-refractivity contribution in [2.75, 3.05) is 0 Å². The lowest BCUT2D eigenvalue weighted by Crippen LogP contribution is -2.02. The van der Waals surface area contributed by atoms with E-state index in [0.717, 1.165) is 66.6 Å². The third kappa shape index (κ3) is 5.37. The molecule has 6 heteroatoms. The molecule has 11 aromatic rings. The van der Waals surface area contributed by atoms with Crippen LogP contribution in [0.3, 0.4) is 0 Å². The van der Waals surface area contributed by atoms with Crippen LogP contribution in [0, 0.1) is 11.3 Å². The van der Waals surface area contributed by atoms with E-state index in [1.54, 1.807) is 0 Å². The van der Waals surface area contributed by atoms with Gasteiger partial charge in [-0.3, -0.25) is 0 Å². The summed E-state index contributed by atoms with van der Waals surface area (Å²) in [4.78, 5) is 15.1. The van der Waals surface area contributed by atoms with Gasteiger partial charge >= 0.3 is 0 Å². The molecule has 8 aromatic carbocycles. The molecule has 0 fully saturated rings. The predicted octanol–water partition coefficient (Wildman–Crippen LogP) is 12.6. The Balaban J connectivity index is 1.21. The van der Waals surface area contributed by atoms with Crippen LogP contribution in [0.1, 0.15) is 5.56 Å². The minimum absolute atomic E-state index is 0.563. The molecule has 0 atom stereocenters. The van der Waals surface area contributed by atoms with Crippen LogP contribution in [0.2, 0.25) is 0 Å². The van der Waals surface area contributed by atoms with E-state index >= 15 is 0 Å². The Labute approximate surface area is 334 Å². The summed E-state index contributed by atoms with van der Waals surface area (Å²) in [7, 11) is 0. The van der Waals surface area contributed by atoms with Gasteiger partial charge in [0.05, 0.1) is 39.4 Å². The van der Waals surface area contributed by atoms with Gasteiger partial charge in [-0.15, -0.1) is 0 Å². The highest BCUT2D eigenvalue weighted by molar-refractivity contribution is 6.26. The van der Waals surface area contributed by atoms with E-state index in [0.29, 0.717) is 23.0 Å². The first-order valence-electron chi connectivity index (χ1n) is 19.3. The minimum atomic E-state index is 0.563. The lowest BCUT2D eigenvalue weighted by Gasteiger charge is -2.16. The van der Waals surface area contributed by atoms with Gasteiger partial charge in [0.1, 0.15) is 0 Å². The van der Waals surface area contributed by atoms with Gasteiger partial charge in [0.25, 0.3) is 0 Å². The summed E-state index contributed by atoms with van der Waals surface area (Å²) in [6.45, 7) is 0. The molecule has 0 aliphatic carbocycles. The monoisotopic (exact) mass is 740 g/mol. The normalized spacial score (nSPS) is 11.4. The Morgan fingerprint density at radius 3 is 1.64 bits per heavy atom. The maximum atomic E-state index is 10.1. The lowest BCUT2D eigenvalue weighted by molar-refractivity contribution is 1.07. The second kappa shape index (κ2) is 13.6. The van der Waals surface area contributed by atoms with Gasteiger partial charge in [-0.2, -0.15) is 5.26 Å². The third-order valence-electron chi connectivity index (χ3n) is 11.0. The standard InChI is InChI=1S/C52H32N6/c53-33-34-15-14-20-37(31-34)43-32-38(52-55-50(35-16-4-1-5-17-35)54-51(56-52)36-18-6-2-7-19-36)27-29-46(43)58-45-26-13-11-24-42(45)48-47(58)30-28-41-40-23-10-12-25-44(40)57(49(41)48)39-21-8-3-9-22-39/h1-32H. The van der Waals surface area contributed by atoms with Crippen LogP contribution in [-0.2, 0) is 0 Å². The van der Waals surface area contributed by atoms with Crippen molar-refractivity contribution in [3.8, 4) is 62.7 Å².